The van der Waals surface area contributed by atoms with Gasteiger partial charge in [0.15, 0.2) is 5.82 Å². The summed E-state index contributed by atoms with van der Waals surface area (Å²) < 4.78 is 1.75. The molecule has 0 spiro atoms. The molecular weight excluding hydrogens is 250 g/mol. The average Bonchev–Trinajstić information content (AvgIpc) is 2.40. The maximum Gasteiger partial charge on any atom is 0.293 e. The van der Waals surface area contributed by atoms with Crippen LogP contribution in [-0.4, -0.2) is 15.6 Å². The van der Waals surface area contributed by atoms with E-state index >= 15 is 0 Å². The number of hydrogen-bond acceptors (Lipinski definition) is 3. The van der Waals surface area contributed by atoms with Gasteiger partial charge in [-0.3, -0.25) is 4.79 Å². The fourth-order valence-corrected chi connectivity index (χ4v) is 2.36. The molecule has 0 aliphatic carbocycles. The Kier molecular flexibility index (Phi) is 7.34. The smallest absolute Gasteiger partial charge is 0.293 e. The molecule has 20 heavy (non-hydrogen) atoms. The fraction of sp³-hybridized carbons (Fsp3) is 0.750. The molecule has 0 bridgehead atoms. The van der Waals surface area contributed by atoms with E-state index in [2.05, 4.69) is 38.0 Å². The molecule has 0 aliphatic heterocycles. The first-order valence-corrected chi connectivity index (χ1v) is 7.90. The van der Waals surface area contributed by atoms with Crippen molar-refractivity contribution in [1.82, 2.24) is 9.55 Å². The Hall–Kier alpha value is -1.32. The topological polar surface area (TPSA) is 46.9 Å². The van der Waals surface area contributed by atoms with Gasteiger partial charge in [0, 0.05) is 25.0 Å². The van der Waals surface area contributed by atoms with Gasteiger partial charge >= 0.3 is 0 Å². The van der Waals surface area contributed by atoms with Crippen LogP contribution in [0.3, 0.4) is 0 Å². The van der Waals surface area contributed by atoms with Gasteiger partial charge < -0.3 is 9.88 Å². The van der Waals surface area contributed by atoms with Crippen molar-refractivity contribution in [2.24, 2.45) is 5.92 Å². The van der Waals surface area contributed by atoms with Crippen molar-refractivity contribution >= 4 is 5.82 Å². The van der Waals surface area contributed by atoms with Gasteiger partial charge in [-0.25, -0.2) is 4.98 Å². The van der Waals surface area contributed by atoms with Crippen LogP contribution in [0.15, 0.2) is 17.2 Å². The molecule has 1 heterocycles. The predicted molar refractivity (Wildman–Crippen MR) is 85.2 cm³/mol. The molecule has 0 fully saturated rings. The van der Waals surface area contributed by atoms with Crippen molar-refractivity contribution < 1.29 is 0 Å². The van der Waals surface area contributed by atoms with E-state index in [0.29, 0.717) is 17.8 Å². The third kappa shape index (κ3) is 5.35. The number of anilines is 1. The molecule has 4 heteroatoms. The molecular formula is C16H29N3O. The second kappa shape index (κ2) is 8.77. The number of nitrogens with one attached hydrogen (secondary N) is 1. The van der Waals surface area contributed by atoms with Crippen molar-refractivity contribution in [3.63, 3.8) is 0 Å². The summed E-state index contributed by atoms with van der Waals surface area (Å²) in [5, 5.41) is 3.35. The van der Waals surface area contributed by atoms with Crippen LogP contribution in [0.2, 0.25) is 0 Å². The molecule has 0 aliphatic rings. The van der Waals surface area contributed by atoms with E-state index in [0.717, 1.165) is 25.8 Å². The third-order valence-electron chi connectivity index (χ3n) is 3.36. The summed E-state index contributed by atoms with van der Waals surface area (Å²) in [5.41, 5.74) is -0.00111. The highest BCUT2D eigenvalue weighted by molar-refractivity contribution is 5.32. The van der Waals surface area contributed by atoms with Crippen LogP contribution in [0.4, 0.5) is 5.82 Å². The standard InChI is InChI=1S/C16H29N3O/c1-5-7-9-14(8-6-2)18-15-16(20)19(11-10-17-15)12-13(3)4/h10-11,13-14H,5-9,12H2,1-4H3,(H,17,18). The van der Waals surface area contributed by atoms with E-state index < -0.39 is 0 Å². The minimum absolute atomic E-state index is 0.00111. The monoisotopic (exact) mass is 279 g/mol. The second-order valence-electron chi connectivity index (χ2n) is 5.90. The van der Waals surface area contributed by atoms with E-state index in [4.69, 9.17) is 0 Å². The van der Waals surface area contributed by atoms with Gasteiger partial charge in [-0.1, -0.05) is 47.0 Å². The zero-order valence-corrected chi connectivity index (χ0v) is 13.4. The van der Waals surface area contributed by atoms with Gasteiger partial charge in [-0.05, 0) is 18.8 Å². The van der Waals surface area contributed by atoms with E-state index in [-0.39, 0.29) is 5.56 Å². The molecule has 1 aromatic rings. The van der Waals surface area contributed by atoms with Crippen LogP contribution < -0.4 is 10.9 Å². The van der Waals surface area contributed by atoms with Gasteiger partial charge in [-0.15, -0.1) is 0 Å². The number of hydrogen-bond donors (Lipinski definition) is 1. The summed E-state index contributed by atoms with van der Waals surface area (Å²) in [4.78, 5) is 16.6. The first kappa shape index (κ1) is 16.7. The quantitative estimate of drug-likeness (QED) is 0.750. The maximum atomic E-state index is 12.4. The molecule has 1 atom stereocenters. The Labute approximate surface area is 122 Å². The lowest BCUT2D eigenvalue weighted by atomic mass is 10.1. The van der Waals surface area contributed by atoms with Gasteiger partial charge in [0.2, 0.25) is 0 Å². The zero-order valence-electron chi connectivity index (χ0n) is 13.4. The van der Waals surface area contributed by atoms with Crippen LogP contribution in [0.1, 0.15) is 59.8 Å². The predicted octanol–water partition coefficient (Wildman–Crippen LogP) is 3.67. The molecule has 0 saturated carbocycles. The first-order valence-electron chi connectivity index (χ1n) is 7.90. The normalized spacial score (nSPS) is 12.7. The number of nitrogens with zero attached hydrogens (tertiary/aromatic N) is 2. The molecule has 0 amide bonds. The largest absolute Gasteiger partial charge is 0.363 e. The first-order chi connectivity index (χ1) is 9.58. The fourth-order valence-electron chi connectivity index (χ4n) is 2.36. The SMILES string of the molecule is CCCCC(CCC)Nc1nccn(CC(C)C)c1=O. The van der Waals surface area contributed by atoms with Crippen molar-refractivity contribution in [2.75, 3.05) is 5.32 Å². The highest BCUT2D eigenvalue weighted by Gasteiger charge is 2.12. The average molecular weight is 279 g/mol. The molecule has 1 rings (SSSR count). The van der Waals surface area contributed by atoms with Crippen molar-refractivity contribution in [3.8, 4) is 0 Å². The lowest BCUT2D eigenvalue weighted by molar-refractivity contribution is 0.507. The Balaban J connectivity index is 2.81. The summed E-state index contributed by atoms with van der Waals surface area (Å²) in [6, 6.07) is 0.357. The Morgan fingerprint density at radius 3 is 2.60 bits per heavy atom. The highest BCUT2D eigenvalue weighted by atomic mass is 16.1. The van der Waals surface area contributed by atoms with Crippen LogP contribution >= 0.6 is 0 Å². The summed E-state index contributed by atoms with van der Waals surface area (Å²) in [6.45, 7) is 9.33. The minimum Gasteiger partial charge on any atom is -0.363 e. The van der Waals surface area contributed by atoms with E-state index in [9.17, 15) is 4.79 Å². The van der Waals surface area contributed by atoms with Gasteiger partial charge in [0.05, 0.1) is 0 Å². The van der Waals surface area contributed by atoms with Gasteiger partial charge in [-0.2, -0.15) is 0 Å². The van der Waals surface area contributed by atoms with Crippen LogP contribution in [0.5, 0.6) is 0 Å². The van der Waals surface area contributed by atoms with Gasteiger partial charge in [0.25, 0.3) is 5.56 Å². The Bertz CT molecular complexity index is 440. The molecule has 4 nitrogen and oxygen atoms in total. The summed E-state index contributed by atoms with van der Waals surface area (Å²) >= 11 is 0. The Morgan fingerprint density at radius 2 is 2.00 bits per heavy atom. The molecule has 0 saturated heterocycles. The molecule has 0 aromatic carbocycles. The maximum absolute atomic E-state index is 12.4. The van der Waals surface area contributed by atoms with Crippen molar-refractivity contribution in [2.45, 2.75) is 72.4 Å². The van der Waals surface area contributed by atoms with E-state index in [1.165, 1.54) is 12.8 Å². The zero-order chi connectivity index (χ0) is 15.0. The van der Waals surface area contributed by atoms with Gasteiger partial charge in [0.1, 0.15) is 0 Å². The number of aromatic nitrogens is 2. The van der Waals surface area contributed by atoms with Crippen molar-refractivity contribution in [1.29, 1.82) is 0 Å². The molecule has 0 radical (unpaired) electrons. The minimum atomic E-state index is -0.00111. The Morgan fingerprint density at radius 1 is 1.25 bits per heavy atom. The summed E-state index contributed by atoms with van der Waals surface area (Å²) in [7, 11) is 0. The molecule has 1 aromatic heterocycles. The summed E-state index contributed by atoms with van der Waals surface area (Å²) in [6.07, 6.45) is 9.16. The summed E-state index contributed by atoms with van der Waals surface area (Å²) in [5.74, 6) is 0.956. The van der Waals surface area contributed by atoms with E-state index in [1.54, 1.807) is 17.0 Å². The van der Waals surface area contributed by atoms with E-state index in [1.807, 2.05) is 0 Å². The number of rotatable bonds is 9. The number of unbranched alkanes of at least 4 members (excludes halogenated alkanes) is 1. The molecule has 1 unspecified atom stereocenters. The lowest BCUT2D eigenvalue weighted by Gasteiger charge is -2.19. The second-order valence-corrected chi connectivity index (χ2v) is 5.90. The third-order valence-corrected chi connectivity index (χ3v) is 3.36. The van der Waals surface area contributed by atoms with Crippen LogP contribution in [0, 0.1) is 5.92 Å². The highest BCUT2D eigenvalue weighted by Crippen LogP contribution is 2.11. The van der Waals surface area contributed by atoms with Crippen molar-refractivity contribution in [3.05, 3.63) is 22.7 Å². The van der Waals surface area contributed by atoms with Crippen LogP contribution in [-0.2, 0) is 6.54 Å². The molecule has 1 N–H and O–H groups in total. The molecule has 114 valence electrons. The lowest BCUT2D eigenvalue weighted by Crippen LogP contribution is -2.30. The van der Waals surface area contributed by atoms with Crippen LogP contribution in [0.25, 0.3) is 0 Å².